The van der Waals surface area contributed by atoms with Crippen LogP contribution in [0, 0.1) is 0 Å². The van der Waals surface area contributed by atoms with Crippen LogP contribution in [0.5, 0.6) is 0 Å². The van der Waals surface area contributed by atoms with Gasteiger partial charge in [0.25, 0.3) is 0 Å². The van der Waals surface area contributed by atoms with E-state index in [1.807, 2.05) is 5.32 Å². The second kappa shape index (κ2) is 29.2. The Hall–Kier alpha value is -3.14. The maximum Gasteiger partial charge on any atom is 0.397 e. The third kappa shape index (κ3) is 22.0. The van der Waals surface area contributed by atoms with E-state index in [9.17, 15) is 142 Å². The fourth-order valence-electron chi connectivity index (χ4n) is 8.89. The third-order valence-corrected chi connectivity index (χ3v) is 15.7. The number of ether oxygens (including phenoxy) is 9. The molecule has 5 aliphatic heterocycles. The third-order valence-electron chi connectivity index (χ3n) is 12.3. The SMILES string of the molecule is CC(=O)N[C@H]1[C@@H](O[C@H]2[C@H](O)[C@@H](O)[C@H](O[C@H]3[C@H](OS(=O)(=O)O)[C@@H](NS(=O)(=O)O)[C@@H](O[C@H]4[C@H](O)[C@@H](OS(=O)(=O)O)[C@H](O[C@H]5[C@H](O)[C@@H](NS(=O)(=O)O)C(O)O[C@@H]5COS(=O)(=O)O)O[C@H]4C(=O)O)O[C@@H]3COS(=O)(=O)O)O[C@@H]2C(=O)O)O[C@H](COS(=O)(=O)O)[C@@H](O)[C@@H]1O. The molecule has 89 heavy (non-hydrogen) atoms. The summed E-state index contributed by atoms with van der Waals surface area (Å²) in [5.41, 5.74) is 0. The monoisotopic (exact) mass is 1450 g/mol. The Kier molecular flexibility index (Phi) is 25.2. The summed E-state index contributed by atoms with van der Waals surface area (Å²) in [6.45, 7) is -4.17. The zero-order chi connectivity index (χ0) is 67.8. The molecule has 5 saturated heterocycles. The maximum absolute atomic E-state index is 13.0. The number of carbonyl (C=O) groups excluding carboxylic acids is 1. The molecular weight excluding hydrogens is 1400 g/mol. The largest absolute Gasteiger partial charge is 0.479 e. The van der Waals surface area contributed by atoms with E-state index in [-0.39, 0.29) is 0 Å². The van der Waals surface area contributed by atoms with Crippen LogP contribution >= 0.6 is 0 Å². The van der Waals surface area contributed by atoms with Crippen LogP contribution in [-0.4, -0.2) is 328 Å². The fourth-order valence-corrected chi connectivity index (χ4v) is 12.0. The van der Waals surface area contributed by atoms with Crippen molar-refractivity contribution in [2.24, 2.45) is 0 Å². The van der Waals surface area contributed by atoms with Crippen molar-refractivity contribution in [3.63, 3.8) is 0 Å². The average Bonchev–Trinajstić information content (AvgIpc) is 0.963. The van der Waals surface area contributed by atoms with E-state index in [1.54, 1.807) is 0 Å². The number of aliphatic carboxylic acids is 2. The van der Waals surface area contributed by atoms with Gasteiger partial charge in [0.2, 0.25) is 5.91 Å². The molecule has 0 aliphatic carbocycles. The van der Waals surface area contributed by atoms with Crippen LogP contribution < -0.4 is 14.8 Å². The zero-order valence-electron chi connectivity index (χ0n) is 43.2. The van der Waals surface area contributed by atoms with Crippen LogP contribution in [0.15, 0.2) is 0 Å². The first-order chi connectivity index (χ1) is 40.3. The number of aliphatic hydroxyl groups is 7. The van der Waals surface area contributed by atoms with Crippen molar-refractivity contribution >= 4 is 90.4 Å². The number of rotatable bonds is 28. The molecule has 0 saturated carbocycles. The number of carboxylic acid groups (broad SMARTS) is 2. The van der Waals surface area contributed by atoms with Crippen molar-refractivity contribution in [2.45, 2.75) is 160 Å². The van der Waals surface area contributed by atoms with Gasteiger partial charge in [0, 0.05) is 6.92 Å². The van der Waals surface area contributed by atoms with Gasteiger partial charge >= 0.3 is 84.5 Å². The summed E-state index contributed by atoms with van der Waals surface area (Å²) in [5, 5.41) is 100. The van der Waals surface area contributed by atoms with Crippen molar-refractivity contribution in [3.05, 3.63) is 0 Å². The second-order valence-electron chi connectivity index (χ2n) is 18.6. The van der Waals surface area contributed by atoms with E-state index in [4.69, 9.17) is 51.7 Å². The molecule has 50 nitrogen and oxygen atoms in total. The van der Waals surface area contributed by atoms with Crippen molar-refractivity contribution in [1.82, 2.24) is 14.8 Å². The minimum Gasteiger partial charge on any atom is -0.479 e. The second-order valence-corrected chi connectivity index (χ2v) is 26.3. The lowest BCUT2D eigenvalue weighted by molar-refractivity contribution is -0.372. The van der Waals surface area contributed by atoms with Crippen LogP contribution in [-0.2, 0) is 151 Å². The molecule has 0 radical (unpaired) electrons. The molecule has 0 aromatic carbocycles. The molecule has 1 unspecified atom stereocenters. The molecule has 5 heterocycles. The molecule has 0 aromatic heterocycles. The number of aliphatic hydroxyl groups excluding tert-OH is 7. The van der Waals surface area contributed by atoms with Crippen molar-refractivity contribution in [1.29, 1.82) is 0 Å². The maximum atomic E-state index is 13.0. The summed E-state index contributed by atoms with van der Waals surface area (Å²) >= 11 is 0. The van der Waals surface area contributed by atoms with Crippen LogP contribution in [0.1, 0.15) is 6.92 Å². The van der Waals surface area contributed by atoms with Gasteiger partial charge in [0.05, 0.1) is 19.8 Å². The predicted molar refractivity (Wildman–Crippen MR) is 256 cm³/mol. The molecule has 5 fully saturated rings. The summed E-state index contributed by atoms with van der Waals surface area (Å²) in [6.07, 6.45) is -62.5. The number of carbonyl (C=O) groups is 3. The first-order valence-corrected chi connectivity index (χ1v) is 33.1. The highest BCUT2D eigenvalue weighted by Gasteiger charge is 2.61. The topological polar surface area (TPSA) is 779 Å². The van der Waals surface area contributed by atoms with Gasteiger partial charge in [-0.25, -0.2) is 30.5 Å². The molecule has 0 spiro atoms. The minimum atomic E-state index is -6.32. The molecule has 57 heteroatoms. The number of amides is 1. The van der Waals surface area contributed by atoms with Crippen molar-refractivity contribution in [2.75, 3.05) is 19.8 Å². The Bertz CT molecular complexity index is 3320. The standard InChI is InChI=1S/C32H53N3O47S7/c1-5(36)33-10-13(38)12(37)6(2-69-85(54,55)56)73-29(10)77-21-15(40)16(41)31(79-24(21)26(43)44)76-19-8(4-71-87(60,61)62)74-30(11(35-84(51,52)53)20(19)81-88(63,64)65)78-22-17(42)23(82-89(66,67)68)32(80-25(22)27(45)46)75-18-7(3-70-86(57,58)59)72-28(47)9(14(18)39)34-83(48,49)50/h6-25,28-32,34-35,37-42,47H,2-4H2,1H3,(H,33,36)(H,43,44)(H,45,46)(H,48,49,50)(H,51,52,53)(H,54,55,56)(H,57,58,59)(H,60,61,62)(H,63,64,65)(H,66,67,68)/t6-,7-,8-,9-,10-,11-,12-,13-,14-,15-,16-,17+,18-,19-,20-,21+,22+,23-,24+,25-,28?,29-,30-,31-,32-/m1/s1. The number of carboxylic acids is 2. The minimum absolute atomic E-state index is 0.797. The van der Waals surface area contributed by atoms with Gasteiger partial charge in [-0.3, -0.25) is 36.7 Å². The van der Waals surface area contributed by atoms with Gasteiger partial charge in [-0.15, -0.1) is 0 Å². The van der Waals surface area contributed by atoms with Crippen LogP contribution in [0.25, 0.3) is 0 Å². The Morgan fingerprint density at radius 2 is 0.775 bits per heavy atom. The predicted octanol–water partition coefficient (Wildman–Crippen LogP) is -13.7. The van der Waals surface area contributed by atoms with E-state index in [2.05, 4.69) is 20.9 Å². The van der Waals surface area contributed by atoms with Gasteiger partial charge in [0.1, 0.15) is 104 Å². The average molecular weight is 1460 g/mol. The van der Waals surface area contributed by atoms with Gasteiger partial charge < -0.3 is 93.9 Å². The molecule has 5 rings (SSSR count). The van der Waals surface area contributed by atoms with E-state index in [1.165, 1.54) is 4.72 Å². The Morgan fingerprint density at radius 1 is 0.382 bits per heavy atom. The molecule has 19 N–H and O–H groups in total. The first kappa shape index (κ1) is 76.6. The Morgan fingerprint density at radius 3 is 1.22 bits per heavy atom. The number of nitrogens with one attached hydrogen (secondary N) is 3. The zero-order valence-corrected chi connectivity index (χ0v) is 48.9. The summed E-state index contributed by atoms with van der Waals surface area (Å²) in [5.74, 6) is -5.88. The van der Waals surface area contributed by atoms with Crippen molar-refractivity contribution < 1.29 is 215 Å². The highest BCUT2D eigenvalue weighted by atomic mass is 32.3. The number of hydrogen-bond acceptors (Lipinski definition) is 38. The van der Waals surface area contributed by atoms with Gasteiger partial charge in [-0.2, -0.15) is 68.4 Å². The van der Waals surface area contributed by atoms with Crippen LogP contribution in [0.3, 0.4) is 0 Å². The van der Waals surface area contributed by atoms with Crippen LogP contribution in [0.4, 0.5) is 0 Å². The molecule has 5 aliphatic rings. The molecule has 520 valence electrons. The van der Waals surface area contributed by atoms with Gasteiger partial charge in [-0.05, 0) is 0 Å². The molecule has 1 amide bonds. The highest BCUT2D eigenvalue weighted by molar-refractivity contribution is 7.84. The highest BCUT2D eigenvalue weighted by Crippen LogP contribution is 2.38. The van der Waals surface area contributed by atoms with E-state index >= 15 is 0 Å². The van der Waals surface area contributed by atoms with E-state index in [0.29, 0.717) is 0 Å². The fraction of sp³-hybridized carbons (Fsp3) is 0.906. The first-order valence-electron chi connectivity index (χ1n) is 23.4. The lowest BCUT2D eigenvalue weighted by Crippen LogP contribution is -2.71. The smallest absolute Gasteiger partial charge is 0.397 e. The molecular formula is C32H53N3O47S7. The Balaban J connectivity index is 1.59. The number of hydrogen-bond donors (Lipinski definition) is 19. The molecule has 25 atom stereocenters. The normalized spacial score (nSPS) is 39.0. The van der Waals surface area contributed by atoms with E-state index < -0.39 is 264 Å². The summed E-state index contributed by atoms with van der Waals surface area (Å²) in [4.78, 5) is 37.9. The van der Waals surface area contributed by atoms with Crippen molar-refractivity contribution in [3.8, 4) is 0 Å². The lowest BCUT2D eigenvalue weighted by Gasteiger charge is -2.50. The Labute approximate surface area is 498 Å². The summed E-state index contributed by atoms with van der Waals surface area (Å²) in [7, 11) is -40.9. The summed E-state index contributed by atoms with van der Waals surface area (Å²) < 4.78 is 306. The molecule has 0 bridgehead atoms. The summed E-state index contributed by atoms with van der Waals surface area (Å²) in [6, 6.07) is -7.84. The van der Waals surface area contributed by atoms with Gasteiger partial charge in [0.15, 0.2) is 49.8 Å². The molecule has 0 aromatic rings. The van der Waals surface area contributed by atoms with E-state index in [0.717, 1.165) is 11.6 Å². The van der Waals surface area contributed by atoms with Crippen LogP contribution in [0.2, 0.25) is 0 Å². The van der Waals surface area contributed by atoms with Gasteiger partial charge in [-0.1, -0.05) is 0 Å². The quantitative estimate of drug-likeness (QED) is 0.0324. The lowest BCUT2D eigenvalue weighted by atomic mass is 9.94.